The molecule has 0 bridgehead atoms. The molecule has 2 N–H and O–H groups in total. The summed E-state index contributed by atoms with van der Waals surface area (Å²) in [5.41, 5.74) is 0.534. The standard InChI is InChI=1S/C18H28N2O2/c1-3-6-14-9-11-15(12-10-14)13-19-18(22)20(2)16-7-4-5-8-17(16)21/h4-5,7-8,14-15,21H,3,6,9-13H2,1-2H3,(H,19,22). The Hall–Kier alpha value is -1.71. The molecule has 2 rings (SSSR count). The first-order valence-electron chi connectivity index (χ1n) is 8.41. The number of carbonyl (C=O) groups excluding carboxylic acids is 1. The molecule has 0 radical (unpaired) electrons. The normalized spacial score (nSPS) is 21.4. The second kappa shape index (κ2) is 8.06. The molecular formula is C18H28N2O2. The zero-order chi connectivity index (χ0) is 15.9. The molecule has 1 aliphatic rings. The van der Waals surface area contributed by atoms with Crippen LogP contribution in [0.15, 0.2) is 24.3 Å². The highest BCUT2D eigenvalue weighted by molar-refractivity contribution is 5.92. The summed E-state index contributed by atoms with van der Waals surface area (Å²) in [6.45, 7) is 2.98. The van der Waals surface area contributed by atoms with Gasteiger partial charge in [-0.15, -0.1) is 0 Å². The summed E-state index contributed by atoms with van der Waals surface area (Å²) in [6, 6.07) is 6.74. The van der Waals surface area contributed by atoms with Gasteiger partial charge in [0.15, 0.2) is 0 Å². The monoisotopic (exact) mass is 304 g/mol. The van der Waals surface area contributed by atoms with Crippen LogP contribution in [0.4, 0.5) is 10.5 Å². The summed E-state index contributed by atoms with van der Waals surface area (Å²) in [5, 5.41) is 12.8. The van der Waals surface area contributed by atoms with Crippen LogP contribution in [0.25, 0.3) is 0 Å². The second-order valence-corrected chi connectivity index (χ2v) is 6.41. The second-order valence-electron chi connectivity index (χ2n) is 6.41. The van der Waals surface area contributed by atoms with Crippen molar-refractivity contribution in [2.24, 2.45) is 11.8 Å². The molecule has 0 heterocycles. The molecule has 1 aromatic rings. The van der Waals surface area contributed by atoms with E-state index in [2.05, 4.69) is 12.2 Å². The highest BCUT2D eigenvalue weighted by Crippen LogP contribution is 2.31. The largest absolute Gasteiger partial charge is 0.506 e. The summed E-state index contributed by atoms with van der Waals surface area (Å²) in [5.74, 6) is 1.61. The highest BCUT2D eigenvalue weighted by atomic mass is 16.3. The number of amides is 2. The fraction of sp³-hybridized carbons (Fsp3) is 0.611. The number of urea groups is 1. The predicted octanol–water partition coefficient (Wildman–Crippen LogP) is 4.14. The van der Waals surface area contributed by atoms with Gasteiger partial charge in [-0.3, -0.25) is 4.90 Å². The topological polar surface area (TPSA) is 52.6 Å². The summed E-state index contributed by atoms with van der Waals surface area (Å²) < 4.78 is 0. The summed E-state index contributed by atoms with van der Waals surface area (Å²) in [4.78, 5) is 13.7. The van der Waals surface area contributed by atoms with Crippen LogP contribution in [0.2, 0.25) is 0 Å². The van der Waals surface area contributed by atoms with Gasteiger partial charge in [-0.05, 0) is 36.8 Å². The van der Waals surface area contributed by atoms with Crippen LogP contribution in [0.1, 0.15) is 45.4 Å². The molecule has 1 aromatic carbocycles. The fourth-order valence-electron chi connectivity index (χ4n) is 3.34. The van der Waals surface area contributed by atoms with E-state index in [0.29, 0.717) is 11.6 Å². The van der Waals surface area contributed by atoms with Crippen LogP contribution >= 0.6 is 0 Å². The molecule has 1 aliphatic carbocycles. The van der Waals surface area contributed by atoms with E-state index in [1.165, 1.54) is 43.4 Å². The average Bonchev–Trinajstić information content (AvgIpc) is 2.54. The van der Waals surface area contributed by atoms with Crippen LogP contribution in [-0.2, 0) is 0 Å². The molecule has 0 spiro atoms. The van der Waals surface area contributed by atoms with Crippen LogP contribution in [-0.4, -0.2) is 24.7 Å². The maximum Gasteiger partial charge on any atom is 0.321 e. The number of hydrogen-bond donors (Lipinski definition) is 2. The number of aromatic hydroxyl groups is 1. The van der Waals surface area contributed by atoms with Gasteiger partial charge in [0.2, 0.25) is 0 Å². The van der Waals surface area contributed by atoms with Gasteiger partial charge in [0.05, 0.1) is 5.69 Å². The number of benzene rings is 1. The Morgan fingerprint density at radius 3 is 2.50 bits per heavy atom. The molecular weight excluding hydrogens is 276 g/mol. The minimum atomic E-state index is -0.155. The van der Waals surface area contributed by atoms with Crippen molar-refractivity contribution in [1.82, 2.24) is 5.32 Å². The average molecular weight is 304 g/mol. The van der Waals surface area contributed by atoms with Crippen LogP contribution < -0.4 is 10.2 Å². The van der Waals surface area contributed by atoms with E-state index in [1.807, 2.05) is 6.07 Å². The van der Waals surface area contributed by atoms with Gasteiger partial charge < -0.3 is 10.4 Å². The third kappa shape index (κ3) is 4.39. The third-order valence-electron chi connectivity index (χ3n) is 4.75. The maximum absolute atomic E-state index is 12.2. The number of nitrogens with zero attached hydrogens (tertiary/aromatic N) is 1. The van der Waals surface area contributed by atoms with Gasteiger partial charge in [-0.25, -0.2) is 4.79 Å². The number of rotatable bonds is 5. The molecule has 122 valence electrons. The third-order valence-corrected chi connectivity index (χ3v) is 4.75. The first kappa shape index (κ1) is 16.7. The lowest BCUT2D eigenvalue weighted by Crippen LogP contribution is -2.40. The van der Waals surface area contributed by atoms with Crippen molar-refractivity contribution in [1.29, 1.82) is 0 Å². The van der Waals surface area contributed by atoms with Crippen molar-refractivity contribution in [2.75, 3.05) is 18.5 Å². The lowest BCUT2D eigenvalue weighted by molar-refractivity contribution is 0.233. The molecule has 2 amide bonds. The predicted molar refractivity (Wildman–Crippen MR) is 90.3 cm³/mol. The van der Waals surface area contributed by atoms with E-state index in [4.69, 9.17) is 0 Å². The minimum absolute atomic E-state index is 0.125. The Kier molecular flexibility index (Phi) is 6.10. The Morgan fingerprint density at radius 1 is 1.23 bits per heavy atom. The zero-order valence-corrected chi connectivity index (χ0v) is 13.7. The van der Waals surface area contributed by atoms with Crippen LogP contribution in [0.5, 0.6) is 5.75 Å². The summed E-state index contributed by atoms with van der Waals surface area (Å²) in [7, 11) is 1.68. The number of anilines is 1. The number of nitrogens with one attached hydrogen (secondary N) is 1. The maximum atomic E-state index is 12.2. The smallest absolute Gasteiger partial charge is 0.321 e. The van der Waals surface area contributed by atoms with E-state index in [9.17, 15) is 9.90 Å². The van der Waals surface area contributed by atoms with E-state index in [0.717, 1.165) is 12.5 Å². The first-order chi connectivity index (χ1) is 10.6. The molecule has 1 saturated carbocycles. The SMILES string of the molecule is CCCC1CCC(CNC(=O)N(C)c2ccccc2O)CC1. The molecule has 1 fully saturated rings. The van der Waals surface area contributed by atoms with Gasteiger partial charge in [-0.2, -0.15) is 0 Å². The van der Waals surface area contributed by atoms with Crippen molar-refractivity contribution < 1.29 is 9.90 Å². The number of carbonyl (C=O) groups is 1. The first-order valence-corrected chi connectivity index (χ1v) is 8.41. The van der Waals surface area contributed by atoms with Gasteiger partial charge in [0.1, 0.15) is 5.75 Å². The molecule has 0 atom stereocenters. The zero-order valence-electron chi connectivity index (χ0n) is 13.7. The molecule has 0 saturated heterocycles. The fourth-order valence-corrected chi connectivity index (χ4v) is 3.34. The van der Waals surface area contributed by atoms with Crippen LogP contribution in [0.3, 0.4) is 0 Å². The number of phenols is 1. The lowest BCUT2D eigenvalue weighted by atomic mass is 9.80. The Labute approximate surface area is 133 Å². The molecule has 0 aromatic heterocycles. The Balaban J connectivity index is 1.77. The van der Waals surface area contributed by atoms with E-state index in [-0.39, 0.29) is 11.8 Å². The van der Waals surface area contributed by atoms with Gasteiger partial charge >= 0.3 is 6.03 Å². The molecule has 4 heteroatoms. The van der Waals surface area contributed by atoms with E-state index < -0.39 is 0 Å². The molecule has 4 nitrogen and oxygen atoms in total. The molecule has 22 heavy (non-hydrogen) atoms. The number of para-hydroxylation sites is 2. The molecule has 0 aliphatic heterocycles. The van der Waals surface area contributed by atoms with Gasteiger partial charge in [0, 0.05) is 13.6 Å². The quantitative estimate of drug-likeness (QED) is 0.859. The van der Waals surface area contributed by atoms with Crippen molar-refractivity contribution >= 4 is 11.7 Å². The highest BCUT2D eigenvalue weighted by Gasteiger charge is 2.22. The Bertz CT molecular complexity index is 482. The van der Waals surface area contributed by atoms with E-state index >= 15 is 0 Å². The number of phenolic OH excluding ortho intramolecular Hbond substituents is 1. The minimum Gasteiger partial charge on any atom is -0.506 e. The lowest BCUT2D eigenvalue weighted by Gasteiger charge is -2.29. The van der Waals surface area contributed by atoms with Crippen molar-refractivity contribution in [3.63, 3.8) is 0 Å². The number of hydrogen-bond acceptors (Lipinski definition) is 2. The van der Waals surface area contributed by atoms with Crippen molar-refractivity contribution in [3.05, 3.63) is 24.3 Å². The van der Waals surface area contributed by atoms with Crippen molar-refractivity contribution in [2.45, 2.75) is 45.4 Å². The summed E-state index contributed by atoms with van der Waals surface area (Å²) in [6.07, 6.45) is 7.64. The molecule has 0 unspecified atom stereocenters. The van der Waals surface area contributed by atoms with Gasteiger partial charge in [-0.1, -0.05) is 44.7 Å². The van der Waals surface area contributed by atoms with Crippen molar-refractivity contribution in [3.8, 4) is 5.75 Å². The van der Waals surface area contributed by atoms with Crippen LogP contribution in [0, 0.1) is 11.8 Å². The summed E-state index contributed by atoms with van der Waals surface area (Å²) >= 11 is 0. The van der Waals surface area contributed by atoms with Gasteiger partial charge in [0.25, 0.3) is 0 Å². The Morgan fingerprint density at radius 2 is 1.86 bits per heavy atom. The van der Waals surface area contributed by atoms with E-state index in [1.54, 1.807) is 25.2 Å².